The molecule has 0 saturated heterocycles. The minimum absolute atomic E-state index is 1.19. The Labute approximate surface area is 269 Å². The summed E-state index contributed by atoms with van der Waals surface area (Å²) >= 11 is 0. The fraction of sp³-hybridized carbons (Fsp3) is 0.714. The third-order valence-electron chi connectivity index (χ3n) is 9.34. The number of hydrogen-bond acceptors (Lipinski definition) is 1. The third kappa shape index (κ3) is 19.3. The van der Waals surface area contributed by atoms with Crippen LogP contribution >= 0.6 is 0 Å². The van der Waals surface area contributed by atoms with Crippen LogP contribution in [0.25, 0.3) is 0 Å². The van der Waals surface area contributed by atoms with E-state index in [2.05, 4.69) is 68.6 Å². The van der Waals surface area contributed by atoms with Crippen LogP contribution in [0.5, 0.6) is 0 Å². The Bertz CT molecular complexity index is 882. The van der Waals surface area contributed by atoms with Crippen molar-refractivity contribution in [3.05, 3.63) is 59.2 Å². The van der Waals surface area contributed by atoms with Crippen LogP contribution in [0.3, 0.4) is 0 Å². The quantitative estimate of drug-likeness (QED) is 0.0931. The summed E-state index contributed by atoms with van der Waals surface area (Å²) in [7, 11) is 0. The zero-order valence-corrected chi connectivity index (χ0v) is 29.1. The molecule has 0 aliphatic carbocycles. The monoisotopic (exact) mass is 590 g/mol. The van der Waals surface area contributed by atoms with Gasteiger partial charge in [0.15, 0.2) is 0 Å². The van der Waals surface area contributed by atoms with Gasteiger partial charge in [0.1, 0.15) is 0 Å². The highest BCUT2D eigenvalue weighted by Crippen LogP contribution is 2.26. The van der Waals surface area contributed by atoms with Gasteiger partial charge in [0.25, 0.3) is 0 Å². The summed E-state index contributed by atoms with van der Waals surface area (Å²) in [6.07, 6.45) is 36.9. The molecule has 0 aliphatic rings. The molecule has 43 heavy (non-hydrogen) atoms. The van der Waals surface area contributed by atoms with Gasteiger partial charge in [-0.3, -0.25) is 0 Å². The summed E-state index contributed by atoms with van der Waals surface area (Å²) in [4.78, 5) is 0. The van der Waals surface area contributed by atoms with Gasteiger partial charge < -0.3 is 5.32 Å². The second-order valence-electron chi connectivity index (χ2n) is 13.5. The lowest BCUT2D eigenvalue weighted by atomic mass is 9.98. The first kappa shape index (κ1) is 37.4. The molecule has 0 amide bonds. The maximum Gasteiger partial charge on any atom is 0.0419 e. The highest BCUT2D eigenvalue weighted by atomic mass is 14.9. The predicted octanol–water partition coefficient (Wildman–Crippen LogP) is 14.5. The lowest BCUT2D eigenvalue weighted by Gasteiger charge is -2.15. The minimum atomic E-state index is 1.19. The molecule has 1 nitrogen and oxygen atoms in total. The van der Waals surface area contributed by atoms with E-state index in [1.165, 1.54) is 201 Å². The first-order valence-corrected chi connectivity index (χ1v) is 19.2. The van der Waals surface area contributed by atoms with Gasteiger partial charge in [-0.2, -0.15) is 0 Å². The fourth-order valence-electron chi connectivity index (χ4n) is 6.40. The van der Waals surface area contributed by atoms with E-state index in [1.54, 1.807) is 0 Å². The Morgan fingerprint density at radius 1 is 0.372 bits per heavy atom. The van der Waals surface area contributed by atoms with Gasteiger partial charge in [-0.1, -0.05) is 180 Å². The van der Waals surface area contributed by atoms with Crippen LogP contribution < -0.4 is 5.32 Å². The second kappa shape index (κ2) is 26.6. The minimum Gasteiger partial charge on any atom is -0.355 e. The number of rotatable bonds is 29. The van der Waals surface area contributed by atoms with E-state index in [-0.39, 0.29) is 0 Å². The number of unbranched alkanes of at least 4 members (excludes halogenated alkanes) is 21. The van der Waals surface area contributed by atoms with Crippen LogP contribution in [-0.4, -0.2) is 0 Å². The van der Waals surface area contributed by atoms with Crippen LogP contribution in [0.2, 0.25) is 0 Å². The first-order valence-electron chi connectivity index (χ1n) is 19.2. The molecular weight excluding hydrogens is 518 g/mol. The Morgan fingerprint density at radius 2 is 0.744 bits per heavy atom. The van der Waals surface area contributed by atoms with Crippen LogP contribution in [-0.2, 0) is 19.3 Å². The average Bonchev–Trinajstić information content (AvgIpc) is 3.02. The average molecular weight is 590 g/mol. The van der Waals surface area contributed by atoms with Gasteiger partial charge in [-0.05, 0) is 73.4 Å². The summed E-state index contributed by atoms with van der Waals surface area (Å²) in [5.41, 5.74) is 7.06. The van der Waals surface area contributed by atoms with Crippen LogP contribution in [0.15, 0.2) is 42.5 Å². The summed E-state index contributed by atoms with van der Waals surface area (Å²) in [5.74, 6) is 0. The van der Waals surface area contributed by atoms with Crippen LogP contribution in [0.1, 0.15) is 192 Å². The van der Waals surface area contributed by atoms with Gasteiger partial charge in [0, 0.05) is 11.4 Å². The van der Waals surface area contributed by atoms with Crippen LogP contribution in [0.4, 0.5) is 11.4 Å². The number of aryl methyl sites for hydroxylation is 3. The Morgan fingerprint density at radius 3 is 1.21 bits per heavy atom. The molecule has 0 unspecified atom stereocenters. The molecular formula is C42H71N. The highest BCUT2D eigenvalue weighted by Gasteiger charge is 2.07. The van der Waals surface area contributed by atoms with Crippen molar-refractivity contribution in [1.82, 2.24) is 0 Å². The van der Waals surface area contributed by atoms with Crippen molar-refractivity contribution >= 4 is 11.4 Å². The molecule has 0 aromatic heterocycles. The van der Waals surface area contributed by atoms with Crippen molar-refractivity contribution in [2.45, 2.75) is 194 Å². The summed E-state index contributed by atoms with van der Waals surface area (Å²) < 4.78 is 0. The Balaban J connectivity index is 1.85. The van der Waals surface area contributed by atoms with E-state index in [0.717, 1.165) is 0 Å². The molecule has 0 radical (unpaired) electrons. The summed E-state index contributed by atoms with van der Waals surface area (Å²) in [6.45, 7) is 6.91. The lowest BCUT2D eigenvalue weighted by Crippen LogP contribution is -1.99. The van der Waals surface area contributed by atoms with Crippen molar-refractivity contribution in [2.24, 2.45) is 0 Å². The molecule has 0 aliphatic heterocycles. The van der Waals surface area contributed by atoms with Gasteiger partial charge >= 0.3 is 0 Å². The molecule has 0 saturated carbocycles. The predicted molar refractivity (Wildman–Crippen MR) is 195 cm³/mol. The molecule has 0 heterocycles. The van der Waals surface area contributed by atoms with E-state index in [0.29, 0.717) is 0 Å². The highest BCUT2D eigenvalue weighted by molar-refractivity contribution is 5.64. The Hall–Kier alpha value is -1.76. The first-order chi connectivity index (χ1) is 21.3. The number of hydrogen-bond donors (Lipinski definition) is 1. The molecule has 2 rings (SSSR count). The molecule has 1 N–H and O–H groups in total. The third-order valence-corrected chi connectivity index (χ3v) is 9.34. The van der Waals surface area contributed by atoms with Crippen molar-refractivity contribution in [3.63, 3.8) is 0 Å². The molecule has 1 heteroatoms. The maximum absolute atomic E-state index is 3.85. The largest absolute Gasteiger partial charge is 0.355 e. The summed E-state index contributed by atoms with van der Waals surface area (Å²) in [5, 5.41) is 3.85. The zero-order valence-electron chi connectivity index (χ0n) is 29.1. The van der Waals surface area contributed by atoms with Crippen molar-refractivity contribution < 1.29 is 0 Å². The second-order valence-corrected chi connectivity index (χ2v) is 13.5. The van der Waals surface area contributed by atoms with E-state index >= 15 is 0 Å². The zero-order chi connectivity index (χ0) is 30.6. The van der Waals surface area contributed by atoms with Crippen LogP contribution in [0, 0.1) is 0 Å². The van der Waals surface area contributed by atoms with Gasteiger partial charge in [-0.25, -0.2) is 0 Å². The number of nitrogens with one attached hydrogen (secondary N) is 1. The smallest absolute Gasteiger partial charge is 0.0419 e. The Kier molecular flexibility index (Phi) is 23.2. The van der Waals surface area contributed by atoms with Crippen molar-refractivity contribution in [3.8, 4) is 0 Å². The maximum atomic E-state index is 3.85. The standard InChI is InChI=1S/C42H71N/c1-4-7-10-13-16-19-22-25-28-38-32-35-41(36-33-38)43-42-37-39(29-26-23-20-17-14-11-8-5-2)31-34-40(42)30-27-24-21-18-15-12-9-6-3/h31-37,43H,4-30H2,1-3H3. The number of anilines is 2. The van der Waals surface area contributed by atoms with Gasteiger partial charge in [0.2, 0.25) is 0 Å². The lowest BCUT2D eigenvalue weighted by molar-refractivity contribution is 0.575. The van der Waals surface area contributed by atoms with E-state index in [4.69, 9.17) is 0 Å². The molecule has 2 aromatic carbocycles. The molecule has 244 valence electrons. The normalized spacial score (nSPS) is 11.3. The van der Waals surface area contributed by atoms with Gasteiger partial charge in [-0.15, -0.1) is 0 Å². The SMILES string of the molecule is CCCCCCCCCCc1ccc(Nc2cc(CCCCCCCCCC)ccc2CCCCCCCCCC)cc1. The van der Waals surface area contributed by atoms with Crippen molar-refractivity contribution in [2.75, 3.05) is 5.32 Å². The van der Waals surface area contributed by atoms with Gasteiger partial charge in [0.05, 0.1) is 0 Å². The van der Waals surface area contributed by atoms with E-state index in [1.807, 2.05) is 0 Å². The van der Waals surface area contributed by atoms with Crippen molar-refractivity contribution in [1.29, 1.82) is 0 Å². The molecule has 0 bridgehead atoms. The molecule has 0 atom stereocenters. The molecule has 0 spiro atoms. The van der Waals surface area contributed by atoms with E-state index in [9.17, 15) is 0 Å². The number of benzene rings is 2. The van der Waals surface area contributed by atoms with E-state index < -0.39 is 0 Å². The fourth-order valence-corrected chi connectivity index (χ4v) is 6.40. The summed E-state index contributed by atoms with van der Waals surface area (Å²) in [6, 6.07) is 16.6. The molecule has 0 fully saturated rings. The topological polar surface area (TPSA) is 12.0 Å². The molecule has 2 aromatic rings.